The number of ether oxygens (including phenoxy) is 1. The molecule has 2 aromatic rings. The van der Waals surface area contributed by atoms with Crippen molar-refractivity contribution in [2.75, 3.05) is 6.54 Å². The van der Waals surface area contributed by atoms with Gasteiger partial charge in [-0.25, -0.2) is 4.79 Å². The molecule has 0 saturated carbocycles. The molecule has 0 radical (unpaired) electrons. The number of hydrogen-bond donors (Lipinski definition) is 0. The van der Waals surface area contributed by atoms with Crippen LogP contribution in [0.5, 0.6) is 0 Å². The van der Waals surface area contributed by atoms with Crippen LogP contribution in [0, 0.1) is 6.92 Å². The molecule has 1 aliphatic heterocycles. The van der Waals surface area contributed by atoms with Crippen molar-refractivity contribution < 1.29 is 9.53 Å². The van der Waals surface area contributed by atoms with Gasteiger partial charge in [0.25, 0.3) is 0 Å². The van der Waals surface area contributed by atoms with Crippen LogP contribution in [0.4, 0.5) is 4.79 Å². The Morgan fingerprint density at radius 2 is 1.79 bits per heavy atom. The number of cyclic esters (lactones) is 1. The molecule has 1 unspecified atom stereocenters. The Morgan fingerprint density at radius 1 is 1.08 bits per heavy atom. The standard InChI is InChI=1S/C21H23NO2/c1-3-4-14-22-20(18-8-6-5-7-9-18)19(24-21(22)23)15-17-12-10-16(2)11-13-17/h5-13,15,20H,3-4,14H2,1-2H3/b19-15-. The lowest BCUT2D eigenvalue weighted by atomic mass is 10.0. The van der Waals surface area contributed by atoms with Gasteiger partial charge >= 0.3 is 6.09 Å². The summed E-state index contributed by atoms with van der Waals surface area (Å²) in [6.07, 6.45) is 3.73. The molecule has 24 heavy (non-hydrogen) atoms. The highest BCUT2D eigenvalue weighted by atomic mass is 16.6. The molecule has 0 aromatic heterocycles. The molecule has 3 nitrogen and oxygen atoms in total. The lowest BCUT2D eigenvalue weighted by Crippen LogP contribution is -2.28. The zero-order valence-electron chi connectivity index (χ0n) is 14.2. The summed E-state index contributed by atoms with van der Waals surface area (Å²) < 4.78 is 5.62. The van der Waals surface area contributed by atoms with Crippen LogP contribution in [0.2, 0.25) is 0 Å². The zero-order valence-corrected chi connectivity index (χ0v) is 14.2. The predicted octanol–water partition coefficient (Wildman–Crippen LogP) is 5.33. The lowest BCUT2D eigenvalue weighted by Gasteiger charge is -2.21. The van der Waals surface area contributed by atoms with Crippen LogP contribution in [0.1, 0.15) is 42.5 Å². The maximum Gasteiger partial charge on any atom is 0.415 e. The van der Waals surface area contributed by atoms with Crippen molar-refractivity contribution in [2.24, 2.45) is 0 Å². The molecule has 1 aliphatic rings. The Balaban J connectivity index is 1.97. The Kier molecular flexibility index (Phi) is 4.99. The first-order chi connectivity index (χ1) is 11.7. The SMILES string of the molecule is CCCCN1C(=O)O/C(=C\c2ccc(C)cc2)C1c1ccccc1. The third-order valence-electron chi connectivity index (χ3n) is 4.27. The summed E-state index contributed by atoms with van der Waals surface area (Å²) in [6, 6.07) is 18.2. The van der Waals surface area contributed by atoms with Crippen LogP contribution in [0.3, 0.4) is 0 Å². The van der Waals surface area contributed by atoms with Crippen LogP contribution in [-0.2, 0) is 4.74 Å². The van der Waals surface area contributed by atoms with Crippen LogP contribution in [0.15, 0.2) is 60.4 Å². The minimum Gasteiger partial charge on any atom is -0.412 e. The van der Waals surface area contributed by atoms with E-state index in [0.717, 1.165) is 24.0 Å². The van der Waals surface area contributed by atoms with E-state index in [1.807, 2.05) is 41.3 Å². The summed E-state index contributed by atoms with van der Waals surface area (Å²) in [5.74, 6) is 0.700. The Bertz CT molecular complexity index is 719. The van der Waals surface area contributed by atoms with Crippen LogP contribution >= 0.6 is 0 Å². The molecule has 1 amide bonds. The average Bonchev–Trinajstić information content (AvgIpc) is 2.91. The molecule has 0 aliphatic carbocycles. The van der Waals surface area contributed by atoms with Gasteiger partial charge in [0.2, 0.25) is 0 Å². The first-order valence-corrected chi connectivity index (χ1v) is 8.50. The minimum absolute atomic E-state index is 0.147. The summed E-state index contributed by atoms with van der Waals surface area (Å²) in [5.41, 5.74) is 3.34. The van der Waals surface area contributed by atoms with Gasteiger partial charge in [-0.2, -0.15) is 0 Å². The van der Waals surface area contributed by atoms with Crippen molar-refractivity contribution in [3.63, 3.8) is 0 Å². The van der Waals surface area contributed by atoms with E-state index in [1.54, 1.807) is 0 Å². The largest absolute Gasteiger partial charge is 0.415 e. The lowest BCUT2D eigenvalue weighted by molar-refractivity contribution is 0.164. The second-order valence-corrected chi connectivity index (χ2v) is 6.19. The Morgan fingerprint density at radius 3 is 2.46 bits per heavy atom. The summed E-state index contributed by atoms with van der Waals surface area (Å²) >= 11 is 0. The van der Waals surface area contributed by atoms with Gasteiger partial charge in [-0.15, -0.1) is 0 Å². The summed E-state index contributed by atoms with van der Waals surface area (Å²) in [6.45, 7) is 4.90. The maximum absolute atomic E-state index is 12.4. The Labute approximate surface area is 143 Å². The van der Waals surface area contributed by atoms with Gasteiger partial charge in [-0.05, 0) is 30.5 Å². The van der Waals surface area contributed by atoms with E-state index >= 15 is 0 Å². The average molecular weight is 321 g/mol. The quantitative estimate of drug-likeness (QED) is 0.745. The van der Waals surface area contributed by atoms with E-state index in [1.165, 1.54) is 5.56 Å². The molecule has 1 saturated heterocycles. The van der Waals surface area contributed by atoms with Crippen molar-refractivity contribution >= 4 is 12.2 Å². The summed E-state index contributed by atoms with van der Waals surface area (Å²) in [4.78, 5) is 14.2. The minimum atomic E-state index is -0.254. The molecule has 1 atom stereocenters. The predicted molar refractivity (Wildman–Crippen MR) is 96.4 cm³/mol. The molecule has 1 heterocycles. The van der Waals surface area contributed by atoms with E-state index in [2.05, 4.69) is 38.1 Å². The van der Waals surface area contributed by atoms with Crippen molar-refractivity contribution in [1.82, 2.24) is 4.90 Å². The number of rotatable bonds is 5. The number of carbonyl (C=O) groups excluding carboxylic acids is 1. The van der Waals surface area contributed by atoms with E-state index in [9.17, 15) is 4.79 Å². The van der Waals surface area contributed by atoms with Crippen molar-refractivity contribution in [3.05, 3.63) is 77.0 Å². The molecule has 1 fully saturated rings. The fraction of sp³-hybridized carbons (Fsp3) is 0.286. The van der Waals surface area contributed by atoms with E-state index < -0.39 is 0 Å². The van der Waals surface area contributed by atoms with Crippen LogP contribution in [-0.4, -0.2) is 17.5 Å². The van der Waals surface area contributed by atoms with Crippen LogP contribution < -0.4 is 0 Å². The van der Waals surface area contributed by atoms with Gasteiger partial charge in [0.1, 0.15) is 11.8 Å². The molecule has 0 N–H and O–H groups in total. The van der Waals surface area contributed by atoms with Gasteiger partial charge in [0, 0.05) is 6.54 Å². The number of nitrogens with zero attached hydrogens (tertiary/aromatic N) is 1. The third-order valence-corrected chi connectivity index (χ3v) is 4.27. The second-order valence-electron chi connectivity index (χ2n) is 6.19. The zero-order chi connectivity index (χ0) is 16.9. The summed E-state index contributed by atoms with van der Waals surface area (Å²) in [7, 11) is 0. The molecule has 3 rings (SSSR count). The van der Waals surface area contributed by atoms with E-state index in [-0.39, 0.29) is 12.1 Å². The molecule has 0 spiro atoms. The van der Waals surface area contributed by atoms with Crippen molar-refractivity contribution in [3.8, 4) is 0 Å². The van der Waals surface area contributed by atoms with E-state index in [4.69, 9.17) is 4.74 Å². The highest BCUT2D eigenvalue weighted by molar-refractivity contribution is 5.76. The first kappa shape index (κ1) is 16.3. The second kappa shape index (κ2) is 7.35. The van der Waals surface area contributed by atoms with Gasteiger partial charge < -0.3 is 4.74 Å². The molecular formula is C21H23NO2. The van der Waals surface area contributed by atoms with E-state index in [0.29, 0.717) is 12.3 Å². The van der Waals surface area contributed by atoms with Crippen LogP contribution in [0.25, 0.3) is 6.08 Å². The number of carbonyl (C=O) groups is 1. The highest BCUT2D eigenvalue weighted by Gasteiger charge is 2.38. The van der Waals surface area contributed by atoms with Crippen molar-refractivity contribution in [2.45, 2.75) is 32.7 Å². The third kappa shape index (κ3) is 3.51. The maximum atomic E-state index is 12.4. The first-order valence-electron chi connectivity index (χ1n) is 8.50. The topological polar surface area (TPSA) is 29.5 Å². The number of amides is 1. The van der Waals surface area contributed by atoms with Gasteiger partial charge in [0.15, 0.2) is 0 Å². The van der Waals surface area contributed by atoms with Gasteiger partial charge in [-0.3, -0.25) is 4.90 Å². The molecular weight excluding hydrogens is 298 g/mol. The molecule has 0 bridgehead atoms. The molecule has 2 aromatic carbocycles. The Hall–Kier alpha value is -2.55. The fourth-order valence-corrected chi connectivity index (χ4v) is 2.94. The van der Waals surface area contributed by atoms with Gasteiger partial charge in [0.05, 0.1) is 0 Å². The van der Waals surface area contributed by atoms with Crippen molar-refractivity contribution in [1.29, 1.82) is 0 Å². The van der Waals surface area contributed by atoms with Gasteiger partial charge in [-0.1, -0.05) is 73.5 Å². The monoisotopic (exact) mass is 321 g/mol. The number of aryl methyl sites for hydroxylation is 1. The molecule has 3 heteroatoms. The molecule has 124 valence electrons. The smallest absolute Gasteiger partial charge is 0.412 e. The normalized spacial score (nSPS) is 18.9. The number of benzene rings is 2. The fourth-order valence-electron chi connectivity index (χ4n) is 2.94. The summed E-state index contributed by atoms with van der Waals surface area (Å²) in [5, 5.41) is 0. The number of hydrogen-bond acceptors (Lipinski definition) is 2. The highest BCUT2D eigenvalue weighted by Crippen LogP contribution is 2.37. The number of unbranched alkanes of at least 4 members (excludes halogenated alkanes) is 1.